The van der Waals surface area contributed by atoms with Crippen molar-refractivity contribution in [1.29, 1.82) is 0 Å². The maximum absolute atomic E-state index is 13.0. The van der Waals surface area contributed by atoms with Gasteiger partial charge in [-0.15, -0.1) is 0 Å². The van der Waals surface area contributed by atoms with E-state index in [0.717, 1.165) is 22.6 Å². The maximum Gasteiger partial charge on any atom is 0.251 e. The van der Waals surface area contributed by atoms with Crippen LogP contribution in [-0.2, 0) is 16.6 Å². The molecule has 1 aromatic heterocycles. The van der Waals surface area contributed by atoms with E-state index in [1.807, 2.05) is 48.9 Å². The quantitative estimate of drug-likeness (QED) is 0.562. The second-order valence-corrected chi connectivity index (χ2v) is 9.56. The average molecular weight is 455 g/mol. The molecule has 0 unspecified atom stereocenters. The van der Waals surface area contributed by atoms with Crippen molar-refractivity contribution in [2.75, 3.05) is 13.1 Å². The molecule has 0 radical (unpaired) electrons. The molecule has 3 aromatic rings. The molecule has 0 fully saturated rings. The number of benzene rings is 2. The summed E-state index contributed by atoms with van der Waals surface area (Å²) < 4.78 is 29.2. The highest BCUT2D eigenvalue weighted by atomic mass is 32.2. The normalized spacial score (nSPS) is 11.7. The van der Waals surface area contributed by atoms with Crippen LogP contribution >= 0.6 is 0 Å². The van der Waals surface area contributed by atoms with Crippen molar-refractivity contribution in [3.05, 3.63) is 76.6 Å². The Morgan fingerprint density at radius 2 is 1.69 bits per heavy atom. The molecule has 0 aliphatic rings. The zero-order valence-corrected chi connectivity index (χ0v) is 20.0. The summed E-state index contributed by atoms with van der Waals surface area (Å²) in [5.41, 5.74) is 4.60. The van der Waals surface area contributed by atoms with Crippen LogP contribution in [0.3, 0.4) is 0 Å². The van der Waals surface area contributed by atoms with E-state index in [0.29, 0.717) is 30.8 Å². The van der Waals surface area contributed by atoms with Gasteiger partial charge in [0.1, 0.15) is 0 Å². The molecule has 1 amide bonds. The topological polar surface area (TPSA) is 84.3 Å². The fraction of sp³-hybridized carbons (Fsp3) is 0.333. The van der Waals surface area contributed by atoms with Crippen LogP contribution in [0.25, 0.3) is 5.69 Å². The third kappa shape index (κ3) is 4.61. The van der Waals surface area contributed by atoms with Gasteiger partial charge in [-0.2, -0.15) is 9.40 Å². The second kappa shape index (κ2) is 9.67. The number of hydrogen-bond donors (Lipinski definition) is 1. The lowest BCUT2D eigenvalue weighted by atomic mass is 10.1. The first-order chi connectivity index (χ1) is 15.2. The zero-order chi connectivity index (χ0) is 23.5. The van der Waals surface area contributed by atoms with Crippen molar-refractivity contribution in [2.24, 2.45) is 0 Å². The van der Waals surface area contributed by atoms with Crippen LogP contribution in [0.15, 0.2) is 53.4 Å². The van der Waals surface area contributed by atoms with Crippen molar-refractivity contribution in [3.63, 3.8) is 0 Å². The van der Waals surface area contributed by atoms with Gasteiger partial charge in [-0.1, -0.05) is 38.1 Å². The van der Waals surface area contributed by atoms with Crippen LogP contribution in [0.4, 0.5) is 0 Å². The lowest BCUT2D eigenvalue weighted by Crippen LogP contribution is -2.31. The van der Waals surface area contributed by atoms with Crippen LogP contribution in [0.1, 0.15) is 46.7 Å². The molecule has 3 rings (SSSR count). The number of nitrogens with one attached hydrogen (secondary N) is 1. The summed E-state index contributed by atoms with van der Waals surface area (Å²) in [6.07, 6.45) is 0. The van der Waals surface area contributed by atoms with Crippen molar-refractivity contribution < 1.29 is 13.2 Å². The van der Waals surface area contributed by atoms with Gasteiger partial charge in [0.2, 0.25) is 10.0 Å². The Labute approximate surface area is 190 Å². The largest absolute Gasteiger partial charge is 0.348 e. The van der Waals surface area contributed by atoms with Crippen molar-refractivity contribution >= 4 is 15.9 Å². The molecule has 32 heavy (non-hydrogen) atoms. The summed E-state index contributed by atoms with van der Waals surface area (Å²) in [5, 5.41) is 7.52. The monoisotopic (exact) mass is 454 g/mol. The highest BCUT2D eigenvalue weighted by molar-refractivity contribution is 7.89. The number of carbonyl (C=O) groups is 1. The minimum Gasteiger partial charge on any atom is -0.348 e. The number of sulfonamides is 1. The molecule has 1 N–H and O–H groups in total. The molecule has 0 aliphatic carbocycles. The Hall–Kier alpha value is -2.97. The van der Waals surface area contributed by atoms with E-state index in [-0.39, 0.29) is 10.8 Å². The second-order valence-electron chi connectivity index (χ2n) is 7.65. The lowest BCUT2D eigenvalue weighted by molar-refractivity contribution is 0.0950. The molecule has 1 heterocycles. The first-order valence-electron chi connectivity index (χ1n) is 10.7. The zero-order valence-electron chi connectivity index (χ0n) is 19.2. The Bertz CT molecular complexity index is 1210. The van der Waals surface area contributed by atoms with Gasteiger partial charge in [0.05, 0.1) is 16.3 Å². The first-order valence-corrected chi connectivity index (χ1v) is 12.1. The van der Waals surface area contributed by atoms with Crippen molar-refractivity contribution in [2.45, 2.75) is 46.1 Å². The summed E-state index contributed by atoms with van der Waals surface area (Å²) in [7, 11) is -3.66. The SMILES string of the molecule is CCN(CC)S(=O)(=O)c1cc(C(=O)NCc2c(C)nn(-c3ccccc3)c2C)ccc1C. The summed E-state index contributed by atoms with van der Waals surface area (Å²) >= 11 is 0. The maximum atomic E-state index is 13.0. The summed E-state index contributed by atoms with van der Waals surface area (Å²) in [5.74, 6) is -0.327. The van der Waals surface area contributed by atoms with Gasteiger partial charge < -0.3 is 5.32 Å². The molecule has 0 saturated carbocycles. The number of amides is 1. The van der Waals surface area contributed by atoms with Gasteiger partial charge in [-0.3, -0.25) is 4.79 Å². The summed E-state index contributed by atoms with van der Waals surface area (Å²) in [4.78, 5) is 13.0. The smallest absolute Gasteiger partial charge is 0.251 e. The Kier molecular flexibility index (Phi) is 7.16. The molecule has 170 valence electrons. The van der Waals surface area contributed by atoms with Gasteiger partial charge in [0.15, 0.2) is 0 Å². The lowest BCUT2D eigenvalue weighted by Gasteiger charge is -2.20. The number of carbonyl (C=O) groups excluding carboxylic acids is 1. The van der Waals surface area contributed by atoms with Crippen LogP contribution < -0.4 is 5.32 Å². The van der Waals surface area contributed by atoms with E-state index in [2.05, 4.69) is 10.4 Å². The summed E-state index contributed by atoms with van der Waals surface area (Å²) in [6.45, 7) is 10.3. The van der Waals surface area contributed by atoms with Gasteiger partial charge in [0, 0.05) is 36.5 Å². The van der Waals surface area contributed by atoms with Crippen LogP contribution in [-0.4, -0.2) is 41.5 Å². The van der Waals surface area contributed by atoms with E-state index in [1.165, 1.54) is 10.4 Å². The average Bonchev–Trinajstić information content (AvgIpc) is 3.06. The summed E-state index contributed by atoms with van der Waals surface area (Å²) in [6, 6.07) is 14.6. The Morgan fingerprint density at radius 1 is 1.03 bits per heavy atom. The van der Waals surface area contributed by atoms with Gasteiger partial charge in [-0.05, 0) is 50.6 Å². The van der Waals surface area contributed by atoms with Crippen molar-refractivity contribution in [3.8, 4) is 5.69 Å². The highest BCUT2D eigenvalue weighted by Gasteiger charge is 2.25. The molecular weight excluding hydrogens is 424 g/mol. The molecule has 0 atom stereocenters. The fourth-order valence-corrected chi connectivity index (χ4v) is 5.45. The number of aromatic nitrogens is 2. The van der Waals surface area contributed by atoms with E-state index < -0.39 is 10.0 Å². The van der Waals surface area contributed by atoms with Crippen LogP contribution in [0.2, 0.25) is 0 Å². The highest BCUT2D eigenvalue weighted by Crippen LogP contribution is 2.22. The number of para-hydroxylation sites is 1. The fourth-order valence-electron chi connectivity index (χ4n) is 3.74. The predicted molar refractivity (Wildman–Crippen MR) is 125 cm³/mol. The van der Waals surface area contributed by atoms with Gasteiger partial charge in [-0.25, -0.2) is 13.1 Å². The van der Waals surface area contributed by atoms with Crippen molar-refractivity contribution in [1.82, 2.24) is 19.4 Å². The molecule has 7 nitrogen and oxygen atoms in total. The Morgan fingerprint density at radius 3 is 2.31 bits per heavy atom. The molecule has 0 spiro atoms. The number of aryl methyl sites for hydroxylation is 2. The number of rotatable bonds is 8. The third-order valence-electron chi connectivity index (χ3n) is 5.64. The number of hydrogen-bond acceptors (Lipinski definition) is 4. The molecule has 2 aromatic carbocycles. The Balaban J connectivity index is 1.83. The van der Waals surface area contributed by atoms with Crippen LogP contribution in [0, 0.1) is 20.8 Å². The van der Waals surface area contributed by atoms with Gasteiger partial charge in [0.25, 0.3) is 5.91 Å². The first kappa shape index (κ1) is 23.7. The molecule has 0 saturated heterocycles. The van der Waals surface area contributed by atoms with E-state index >= 15 is 0 Å². The minimum absolute atomic E-state index is 0.165. The molecule has 0 aliphatic heterocycles. The van der Waals surface area contributed by atoms with E-state index in [1.54, 1.807) is 32.9 Å². The number of nitrogens with zero attached hydrogens (tertiary/aromatic N) is 3. The van der Waals surface area contributed by atoms with Gasteiger partial charge >= 0.3 is 0 Å². The molecular formula is C24H30N4O3S. The predicted octanol–water partition coefficient (Wildman–Crippen LogP) is 3.76. The molecule has 8 heteroatoms. The minimum atomic E-state index is -3.66. The molecule has 0 bridgehead atoms. The standard InChI is InChI=1S/C24H30N4O3S/c1-6-27(7-2)32(30,31)23-15-20(14-13-17(23)3)24(29)25-16-22-18(4)26-28(19(22)5)21-11-9-8-10-12-21/h8-15H,6-7,16H2,1-5H3,(H,25,29). The van der Waals surface area contributed by atoms with E-state index in [9.17, 15) is 13.2 Å². The van der Waals surface area contributed by atoms with Crippen LogP contribution in [0.5, 0.6) is 0 Å². The third-order valence-corrected chi connectivity index (χ3v) is 7.83. The van der Waals surface area contributed by atoms with E-state index in [4.69, 9.17) is 0 Å².